The maximum atomic E-state index is 11.9. The second kappa shape index (κ2) is 6.57. The summed E-state index contributed by atoms with van der Waals surface area (Å²) >= 11 is 1.69. The minimum atomic E-state index is -0.157. The zero-order chi connectivity index (χ0) is 14.7. The van der Waals surface area contributed by atoms with Crippen LogP contribution in [0.2, 0.25) is 0 Å². The summed E-state index contributed by atoms with van der Waals surface area (Å²) in [7, 11) is 0. The van der Waals surface area contributed by atoms with Crippen LogP contribution in [0.5, 0.6) is 0 Å². The molecular formula is C15H24N2O2S. The molecule has 0 aromatic carbocycles. The normalized spacial score (nSPS) is 20.3. The van der Waals surface area contributed by atoms with Crippen LogP contribution >= 0.6 is 11.3 Å². The summed E-state index contributed by atoms with van der Waals surface area (Å²) in [6.07, 6.45) is 2.93. The maximum absolute atomic E-state index is 11.9. The van der Waals surface area contributed by atoms with Gasteiger partial charge < -0.3 is 10.1 Å². The van der Waals surface area contributed by atoms with Gasteiger partial charge in [0.05, 0.1) is 12.3 Å². The van der Waals surface area contributed by atoms with Gasteiger partial charge in [-0.15, -0.1) is 11.3 Å². The fourth-order valence-electron chi connectivity index (χ4n) is 2.45. The predicted octanol–water partition coefficient (Wildman–Crippen LogP) is 3.58. The van der Waals surface area contributed by atoms with Gasteiger partial charge in [-0.05, 0) is 32.6 Å². The summed E-state index contributed by atoms with van der Waals surface area (Å²) in [5, 5.41) is 4.41. The molecular weight excluding hydrogens is 272 g/mol. The molecule has 1 N–H and O–H groups in total. The Balaban J connectivity index is 2.07. The molecule has 0 fully saturated rings. The molecule has 3 unspecified atom stereocenters. The summed E-state index contributed by atoms with van der Waals surface area (Å²) < 4.78 is 5.13. The van der Waals surface area contributed by atoms with Gasteiger partial charge in [-0.3, -0.25) is 4.79 Å². The summed E-state index contributed by atoms with van der Waals surface area (Å²) in [6, 6.07) is 0.396. The highest BCUT2D eigenvalue weighted by molar-refractivity contribution is 7.15. The number of nitrogens with one attached hydrogen (secondary N) is 1. The van der Waals surface area contributed by atoms with Gasteiger partial charge in [-0.25, -0.2) is 4.98 Å². The molecule has 0 amide bonds. The highest BCUT2D eigenvalue weighted by Crippen LogP contribution is 2.39. The Bertz CT molecular complexity index is 472. The lowest BCUT2D eigenvalue weighted by Gasteiger charge is -2.19. The van der Waals surface area contributed by atoms with Gasteiger partial charge in [0.15, 0.2) is 5.13 Å². The number of hydrogen-bond donors (Lipinski definition) is 1. The number of thiazole rings is 1. The third-order valence-corrected chi connectivity index (χ3v) is 5.20. The van der Waals surface area contributed by atoms with E-state index < -0.39 is 0 Å². The molecule has 0 saturated heterocycles. The van der Waals surface area contributed by atoms with Crippen molar-refractivity contribution < 1.29 is 9.53 Å². The van der Waals surface area contributed by atoms with E-state index in [1.165, 1.54) is 4.88 Å². The molecule has 1 aromatic heterocycles. The van der Waals surface area contributed by atoms with E-state index in [1.54, 1.807) is 11.3 Å². The van der Waals surface area contributed by atoms with Crippen molar-refractivity contribution in [3.8, 4) is 0 Å². The zero-order valence-corrected chi connectivity index (χ0v) is 13.5. The number of anilines is 1. The van der Waals surface area contributed by atoms with Crippen LogP contribution in [0.4, 0.5) is 5.13 Å². The minimum Gasteiger partial charge on any atom is -0.465 e. The number of hydrogen-bond acceptors (Lipinski definition) is 5. The summed E-state index contributed by atoms with van der Waals surface area (Å²) in [5.41, 5.74) is 0.937. The molecule has 5 heteroatoms. The second-order valence-corrected chi connectivity index (χ2v) is 6.57. The molecule has 1 aromatic rings. The fraction of sp³-hybridized carbons (Fsp3) is 0.733. The molecule has 4 nitrogen and oxygen atoms in total. The first-order valence-electron chi connectivity index (χ1n) is 7.49. The number of nitrogens with zero attached hydrogens (tertiary/aromatic N) is 1. The molecule has 1 aliphatic carbocycles. The number of carbonyl (C=O) groups is 1. The van der Waals surface area contributed by atoms with Gasteiger partial charge in [0.25, 0.3) is 0 Å². The van der Waals surface area contributed by atoms with Crippen molar-refractivity contribution in [2.45, 2.75) is 58.9 Å². The average Bonchev–Trinajstić information content (AvgIpc) is 2.97. The number of carbonyl (C=O) groups excluding carboxylic acids is 1. The molecule has 20 heavy (non-hydrogen) atoms. The number of rotatable bonds is 6. The van der Waals surface area contributed by atoms with Crippen LogP contribution in [-0.4, -0.2) is 23.6 Å². The topological polar surface area (TPSA) is 51.2 Å². The summed E-state index contributed by atoms with van der Waals surface area (Å²) in [4.78, 5) is 17.8. The van der Waals surface area contributed by atoms with Crippen LogP contribution < -0.4 is 5.32 Å². The molecule has 0 saturated carbocycles. The van der Waals surface area contributed by atoms with Gasteiger partial charge >= 0.3 is 5.97 Å². The van der Waals surface area contributed by atoms with Crippen LogP contribution in [0.25, 0.3) is 0 Å². The Hall–Kier alpha value is -1.10. The maximum Gasteiger partial charge on any atom is 0.315 e. The van der Waals surface area contributed by atoms with Gasteiger partial charge in [-0.1, -0.05) is 20.3 Å². The van der Waals surface area contributed by atoms with Crippen LogP contribution in [0.1, 0.15) is 57.0 Å². The Labute approximate surface area is 124 Å². The SMILES string of the molecule is CCOC(=O)C1CCc2sc(NC(C)C(C)CC)nc21. The van der Waals surface area contributed by atoms with Crippen molar-refractivity contribution in [2.24, 2.45) is 5.92 Å². The van der Waals surface area contributed by atoms with E-state index in [0.717, 1.165) is 30.1 Å². The van der Waals surface area contributed by atoms with Crippen molar-refractivity contribution in [3.05, 3.63) is 10.6 Å². The van der Waals surface area contributed by atoms with Crippen molar-refractivity contribution in [2.75, 3.05) is 11.9 Å². The molecule has 0 spiro atoms. The van der Waals surface area contributed by atoms with E-state index in [1.807, 2.05) is 6.92 Å². The molecule has 3 atom stereocenters. The van der Waals surface area contributed by atoms with Crippen molar-refractivity contribution in [1.82, 2.24) is 4.98 Å². The highest BCUT2D eigenvalue weighted by Gasteiger charge is 2.33. The fourth-order valence-corrected chi connectivity index (χ4v) is 3.59. The first-order chi connectivity index (χ1) is 9.56. The predicted molar refractivity (Wildman–Crippen MR) is 82.3 cm³/mol. The lowest BCUT2D eigenvalue weighted by Crippen LogP contribution is -2.23. The Morgan fingerprint density at radius 1 is 1.50 bits per heavy atom. The minimum absolute atomic E-state index is 0.127. The summed E-state index contributed by atoms with van der Waals surface area (Å²) in [5.74, 6) is 0.323. The van der Waals surface area contributed by atoms with Gasteiger partial charge in [-0.2, -0.15) is 0 Å². The molecule has 0 radical (unpaired) electrons. The molecule has 1 aliphatic rings. The quantitative estimate of drug-likeness (QED) is 0.815. The van der Waals surface area contributed by atoms with Crippen LogP contribution in [0.15, 0.2) is 0 Å². The molecule has 112 valence electrons. The Kier molecular flexibility index (Phi) is 5.02. The van der Waals surface area contributed by atoms with E-state index in [-0.39, 0.29) is 11.9 Å². The molecule has 1 heterocycles. The van der Waals surface area contributed by atoms with Crippen LogP contribution in [0, 0.1) is 5.92 Å². The number of aromatic nitrogens is 1. The monoisotopic (exact) mass is 296 g/mol. The van der Waals surface area contributed by atoms with Crippen LogP contribution in [-0.2, 0) is 16.0 Å². The smallest absolute Gasteiger partial charge is 0.315 e. The molecule has 0 bridgehead atoms. The van der Waals surface area contributed by atoms with Gasteiger partial charge in [0, 0.05) is 10.9 Å². The first-order valence-corrected chi connectivity index (χ1v) is 8.31. The van der Waals surface area contributed by atoms with E-state index in [2.05, 4.69) is 31.1 Å². The average molecular weight is 296 g/mol. The van der Waals surface area contributed by atoms with E-state index in [0.29, 0.717) is 18.6 Å². The first kappa shape index (κ1) is 15.3. The van der Waals surface area contributed by atoms with Crippen molar-refractivity contribution in [1.29, 1.82) is 0 Å². The van der Waals surface area contributed by atoms with E-state index >= 15 is 0 Å². The summed E-state index contributed by atoms with van der Waals surface area (Å²) in [6.45, 7) is 8.89. The van der Waals surface area contributed by atoms with E-state index in [9.17, 15) is 4.79 Å². The standard InChI is InChI=1S/C15H24N2O2S/c1-5-9(3)10(4)16-15-17-13-11(14(18)19-6-2)7-8-12(13)20-15/h9-11H,5-8H2,1-4H3,(H,16,17). The molecule has 0 aliphatic heterocycles. The molecule has 2 rings (SSSR count). The largest absolute Gasteiger partial charge is 0.465 e. The lowest BCUT2D eigenvalue weighted by molar-refractivity contribution is -0.145. The number of esters is 1. The van der Waals surface area contributed by atoms with Crippen molar-refractivity contribution >= 4 is 22.4 Å². The third-order valence-electron chi connectivity index (χ3n) is 4.14. The highest BCUT2D eigenvalue weighted by atomic mass is 32.1. The van der Waals surface area contributed by atoms with Gasteiger partial charge in [0.1, 0.15) is 5.92 Å². The zero-order valence-electron chi connectivity index (χ0n) is 12.7. The Morgan fingerprint density at radius 2 is 2.25 bits per heavy atom. The number of aryl methyl sites for hydroxylation is 1. The van der Waals surface area contributed by atoms with Crippen molar-refractivity contribution in [3.63, 3.8) is 0 Å². The van der Waals surface area contributed by atoms with E-state index in [4.69, 9.17) is 4.74 Å². The number of fused-ring (bicyclic) bond motifs is 1. The number of ether oxygens (including phenoxy) is 1. The Morgan fingerprint density at radius 3 is 2.90 bits per heavy atom. The second-order valence-electron chi connectivity index (χ2n) is 5.49. The van der Waals surface area contributed by atoms with Gasteiger partial charge in [0.2, 0.25) is 0 Å². The third kappa shape index (κ3) is 3.14. The lowest BCUT2D eigenvalue weighted by atomic mass is 10.0. The van der Waals surface area contributed by atoms with Crippen LogP contribution in [0.3, 0.4) is 0 Å².